The molecular formula is C19H19NO4. The number of allylic oxidation sites excluding steroid dienone is 2. The molecule has 1 aliphatic heterocycles. The van der Waals surface area contributed by atoms with Crippen molar-refractivity contribution >= 4 is 23.5 Å². The number of carbonyl (C=O) groups is 3. The summed E-state index contributed by atoms with van der Waals surface area (Å²) in [6, 6.07) is 6.56. The van der Waals surface area contributed by atoms with Crippen LogP contribution in [0.3, 0.4) is 0 Å². The number of carbonyl (C=O) groups excluding carboxylic acids is 3. The van der Waals surface area contributed by atoms with Gasteiger partial charge in [0.1, 0.15) is 0 Å². The average molecular weight is 325 g/mol. The molecule has 4 rings (SSSR count). The lowest BCUT2D eigenvalue weighted by Gasteiger charge is -2.18. The van der Waals surface area contributed by atoms with Gasteiger partial charge in [0.2, 0.25) is 11.8 Å². The molecule has 2 bridgehead atoms. The first-order valence-electron chi connectivity index (χ1n) is 8.34. The van der Waals surface area contributed by atoms with Crippen LogP contribution in [-0.4, -0.2) is 23.9 Å². The summed E-state index contributed by atoms with van der Waals surface area (Å²) < 4.78 is 5.19. The Bertz CT molecular complexity index is 736. The number of anilines is 1. The molecule has 2 amide bonds. The molecule has 5 nitrogen and oxygen atoms in total. The SMILES string of the molecule is CC(C)OC(=O)c1cccc(N2C(=O)[C@@H]3[C@@H](C2=O)[C@H]2C=C[C@H]3C2)c1. The topological polar surface area (TPSA) is 63.7 Å². The van der Waals surface area contributed by atoms with Crippen molar-refractivity contribution in [3.05, 3.63) is 42.0 Å². The quantitative estimate of drug-likeness (QED) is 0.487. The van der Waals surface area contributed by atoms with E-state index in [4.69, 9.17) is 4.74 Å². The van der Waals surface area contributed by atoms with Gasteiger partial charge in [-0.2, -0.15) is 0 Å². The number of ether oxygens (including phenoxy) is 1. The van der Waals surface area contributed by atoms with E-state index < -0.39 is 5.97 Å². The molecule has 0 unspecified atom stereocenters. The first-order chi connectivity index (χ1) is 11.5. The summed E-state index contributed by atoms with van der Waals surface area (Å²) >= 11 is 0. The van der Waals surface area contributed by atoms with E-state index in [1.165, 1.54) is 4.90 Å². The molecule has 1 aromatic rings. The Kier molecular flexibility index (Phi) is 3.34. The number of hydrogen-bond donors (Lipinski definition) is 0. The van der Waals surface area contributed by atoms with Crippen LogP contribution in [0.2, 0.25) is 0 Å². The molecular weight excluding hydrogens is 306 g/mol. The normalized spacial score (nSPS) is 30.4. The molecule has 3 aliphatic rings. The molecule has 0 aromatic heterocycles. The van der Waals surface area contributed by atoms with Gasteiger partial charge in [-0.15, -0.1) is 0 Å². The molecule has 0 radical (unpaired) electrons. The first kappa shape index (κ1) is 15.1. The largest absolute Gasteiger partial charge is 0.459 e. The number of nitrogens with zero attached hydrogens (tertiary/aromatic N) is 1. The van der Waals surface area contributed by atoms with Crippen LogP contribution in [0.1, 0.15) is 30.6 Å². The molecule has 2 fully saturated rings. The summed E-state index contributed by atoms with van der Waals surface area (Å²) in [6.45, 7) is 3.55. The van der Waals surface area contributed by atoms with Gasteiger partial charge in [-0.1, -0.05) is 18.2 Å². The van der Waals surface area contributed by atoms with E-state index in [2.05, 4.69) is 12.2 Å². The van der Waals surface area contributed by atoms with Gasteiger partial charge in [-0.25, -0.2) is 9.69 Å². The van der Waals surface area contributed by atoms with E-state index in [0.717, 1.165) is 6.42 Å². The van der Waals surface area contributed by atoms with Crippen molar-refractivity contribution in [3.8, 4) is 0 Å². The molecule has 124 valence electrons. The van der Waals surface area contributed by atoms with E-state index in [1.807, 2.05) is 0 Å². The maximum atomic E-state index is 12.8. The monoisotopic (exact) mass is 325 g/mol. The number of amides is 2. The Morgan fingerprint density at radius 2 is 1.75 bits per heavy atom. The fourth-order valence-corrected chi connectivity index (χ4v) is 4.21. The van der Waals surface area contributed by atoms with Crippen LogP contribution in [0.5, 0.6) is 0 Å². The minimum absolute atomic E-state index is 0.142. The van der Waals surface area contributed by atoms with Crippen molar-refractivity contribution < 1.29 is 19.1 Å². The van der Waals surface area contributed by atoms with Crippen LogP contribution in [0, 0.1) is 23.7 Å². The number of imide groups is 1. The predicted molar refractivity (Wildman–Crippen MR) is 87.2 cm³/mol. The molecule has 0 spiro atoms. The van der Waals surface area contributed by atoms with Crippen molar-refractivity contribution in [2.75, 3.05) is 4.90 Å². The van der Waals surface area contributed by atoms with Crippen molar-refractivity contribution in [3.63, 3.8) is 0 Å². The van der Waals surface area contributed by atoms with Crippen LogP contribution in [0.4, 0.5) is 5.69 Å². The average Bonchev–Trinajstić information content (AvgIpc) is 3.21. The van der Waals surface area contributed by atoms with E-state index >= 15 is 0 Å². The maximum Gasteiger partial charge on any atom is 0.338 e. The fraction of sp³-hybridized carbons (Fsp3) is 0.421. The van der Waals surface area contributed by atoms with E-state index in [1.54, 1.807) is 38.1 Å². The fourth-order valence-electron chi connectivity index (χ4n) is 4.21. The Labute approximate surface area is 140 Å². The van der Waals surface area contributed by atoms with Crippen LogP contribution in [-0.2, 0) is 14.3 Å². The third-order valence-corrected chi connectivity index (χ3v) is 5.15. The molecule has 1 heterocycles. The second-order valence-corrected chi connectivity index (χ2v) is 7.02. The Balaban J connectivity index is 1.64. The predicted octanol–water partition coefficient (Wildman–Crippen LogP) is 2.56. The van der Waals surface area contributed by atoms with Crippen LogP contribution >= 0.6 is 0 Å². The van der Waals surface area contributed by atoms with Gasteiger partial charge < -0.3 is 4.74 Å². The van der Waals surface area contributed by atoms with Gasteiger partial charge in [0.25, 0.3) is 0 Å². The van der Waals surface area contributed by atoms with E-state index in [0.29, 0.717) is 11.3 Å². The summed E-state index contributed by atoms with van der Waals surface area (Å²) in [4.78, 5) is 38.9. The molecule has 4 atom stereocenters. The third kappa shape index (κ3) is 2.11. The standard InChI is InChI=1S/C19H19NO4/c1-10(2)24-19(23)13-4-3-5-14(9-13)20-17(21)15-11-6-7-12(8-11)16(15)18(20)22/h3-7,9-12,15-16H,8H2,1-2H3/t11-,12-,15-,16-/m0/s1. The first-order valence-corrected chi connectivity index (χ1v) is 8.34. The smallest absolute Gasteiger partial charge is 0.338 e. The molecule has 2 aliphatic carbocycles. The lowest BCUT2D eigenvalue weighted by Crippen LogP contribution is -2.33. The maximum absolute atomic E-state index is 12.8. The lowest BCUT2D eigenvalue weighted by molar-refractivity contribution is -0.123. The van der Waals surface area contributed by atoms with Gasteiger partial charge in [0, 0.05) is 0 Å². The number of fused-ring (bicyclic) bond motifs is 5. The van der Waals surface area contributed by atoms with Gasteiger partial charge in [0.15, 0.2) is 0 Å². The number of rotatable bonds is 3. The number of benzene rings is 1. The molecule has 24 heavy (non-hydrogen) atoms. The lowest BCUT2D eigenvalue weighted by atomic mass is 9.85. The highest BCUT2D eigenvalue weighted by Crippen LogP contribution is 2.53. The molecule has 1 aromatic carbocycles. The molecule has 1 saturated heterocycles. The van der Waals surface area contributed by atoms with Crippen molar-refractivity contribution in [1.29, 1.82) is 0 Å². The Morgan fingerprint density at radius 3 is 2.33 bits per heavy atom. The highest BCUT2D eigenvalue weighted by atomic mass is 16.5. The zero-order valence-electron chi connectivity index (χ0n) is 13.6. The van der Waals surface area contributed by atoms with Gasteiger partial charge in [-0.3, -0.25) is 9.59 Å². The summed E-state index contributed by atoms with van der Waals surface area (Å²) in [5.74, 6) is -0.857. The van der Waals surface area contributed by atoms with Crippen LogP contribution in [0.25, 0.3) is 0 Å². The van der Waals surface area contributed by atoms with E-state index in [9.17, 15) is 14.4 Å². The van der Waals surface area contributed by atoms with Crippen molar-refractivity contribution in [2.24, 2.45) is 23.7 Å². The van der Waals surface area contributed by atoms with Crippen LogP contribution in [0.15, 0.2) is 36.4 Å². The number of hydrogen-bond acceptors (Lipinski definition) is 4. The molecule has 0 N–H and O–H groups in total. The van der Waals surface area contributed by atoms with Crippen LogP contribution < -0.4 is 4.90 Å². The zero-order valence-corrected chi connectivity index (χ0v) is 13.6. The Hall–Kier alpha value is -2.43. The second-order valence-electron chi connectivity index (χ2n) is 7.02. The highest BCUT2D eigenvalue weighted by molar-refractivity contribution is 6.23. The van der Waals surface area contributed by atoms with E-state index in [-0.39, 0.29) is 41.6 Å². The summed E-state index contributed by atoms with van der Waals surface area (Å²) in [6.07, 6.45) is 4.81. The zero-order chi connectivity index (χ0) is 17.0. The van der Waals surface area contributed by atoms with Gasteiger partial charge in [0.05, 0.1) is 29.2 Å². The molecule has 5 heteroatoms. The van der Waals surface area contributed by atoms with Crippen molar-refractivity contribution in [1.82, 2.24) is 0 Å². The molecule has 1 saturated carbocycles. The Morgan fingerprint density at radius 1 is 1.12 bits per heavy atom. The summed E-state index contributed by atoms with van der Waals surface area (Å²) in [5, 5.41) is 0. The third-order valence-electron chi connectivity index (χ3n) is 5.15. The summed E-state index contributed by atoms with van der Waals surface area (Å²) in [7, 11) is 0. The minimum Gasteiger partial charge on any atom is -0.459 e. The van der Waals surface area contributed by atoms with Gasteiger partial charge in [-0.05, 0) is 50.3 Å². The summed E-state index contributed by atoms with van der Waals surface area (Å²) in [5.41, 5.74) is 0.803. The minimum atomic E-state index is -0.451. The van der Waals surface area contributed by atoms with Gasteiger partial charge >= 0.3 is 5.97 Å². The highest BCUT2D eigenvalue weighted by Gasteiger charge is 2.59. The van der Waals surface area contributed by atoms with Crippen molar-refractivity contribution in [2.45, 2.75) is 26.4 Å². The second kappa shape index (κ2) is 5.30. The number of esters is 1.